The third-order valence-corrected chi connectivity index (χ3v) is 9.49. The lowest BCUT2D eigenvalue weighted by Gasteiger charge is -2.26. The highest BCUT2D eigenvalue weighted by atomic mass is 32.2. The van der Waals surface area contributed by atoms with E-state index in [2.05, 4.69) is 28.4 Å². The molecule has 36 heavy (non-hydrogen) atoms. The maximum Gasteiger partial charge on any atom is 0.256 e. The fourth-order valence-corrected chi connectivity index (χ4v) is 7.17. The third-order valence-electron chi connectivity index (χ3n) is 6.45. The van der Waals surface area contributed by atoms with Crippen molar-refractivity contribution >= 4 is 32.3 Å². The van der Waals surface area contributed by atoms with Gasteiger partial charge in [-0.2, -0.15) is 9.57 Å². The van der Waals surface area contributed by atoms with Gasteiger partial charge in [0.15, 0.2) is 0 Å². The maximum atomic E-state index is 13.0. The highest BCUT2D eigenvalue weighted by molar-refractivity contribution is 7.89. The number of ether oxygens (including phenoxy) is 1. The lowest BCUT2D eigenvalue weighted by Crippen LogP contribution is -2.40. The molecule has 0 spiro atoms. The number of sulfonamides is 1. The van der Waals surface area contributed by atoms with Gasteiger partial charge in [-0.3, -0.25) is 9.69 Å². The number of hydrogen-bond donors (Lipinski definition) is 1. The lowest BCUT2D eigenvalue weighted by atomic mass is 10.0. The molecular weight excluding hydrogens is 496 g/mol. The number of nitrogens with one attached hydrogen (secondary N) is 1. The molecule has 10 heteroatoms. The first kappa shape index (κ1) is 24.6. The molecule has 1 amide bonds. The van der Waals surface area contributed by atoms with Crippen molar-refractivity contribution in [3.05, 3.63) is 81.7 Å². The van der Waals surface area contributed by atoms with E-state index in [1.165, 1.54) is 45.5 Å². The van der Waals surface area contributed by atoms with Crippen molar-refractivity contribution in [3.8, 4) is 6.07 Å². The van der Waals surface area contributed by atoms with E-state index in [0.717, 1.165) is 36.5 Å². The fourth-order valence-electron chi connectivity index (χ4n) is 4.53. The Morgan fingerprint density at radius 1 is 1.06 bits per heavy atom. The minimum atomic E-state index is -3.63. The van der Waals surface area contributed by atoms with Gasteiger partial charge < -0.3 is 10.1 Å². The molecule has 0 bridgehead atoms. The van der Waals surface area contributed by atoms with E-state index in [9.17, 15) is 18.5 Å². The minimum Gasteiger partial charge on any atom is -0.379 e. The fraction of sp³-hybridized carbons (Fsp3) is 0.308. The summed E-state index contributed by atoms with van der Waals surface area (Å²) in [6, 6.07) is 18.5. The lowest BCUT2D eigenvalue weighted by molar-refractivity contribution is 0.0730. The van der Waals surface area contributed by atoms with Crippen LogP contribution in [0.4, 0.5) is 5.00 Å². The Kier molecular flexibility index (Phi) is 7.18. The summed E-state index contributed by atoms with van der Waals surface area (Å²) < 4.78 is 32.3. The van der Waals surface area contributed by atoms with Crippen LogP contribution in [0.2, 0.25) is 0 Å². The quantitative estimate of drug-likeness (QED) is 0.532. The Hall–Kier alpha value is -3.07. The van der Waals surface area contributed by atoms with E-state index in [1.807, 2.05) is 18.2 Å². The maximum absolute atomic E-state index is 13.0. The van der Waals surface area contributed by atoms with Gasteiger partial charge >= 0.3 is 0 Å². The van der Waals surface area contributed by atoms with Crippen molar-refractivity contribution in [2.24, 2.45) is 0 Å². The predicted molar refractivity (Wildman–Crippen MR) is 137 cm³/mol. The topological polar surface area (TPSA) is 103 Å². The van der Waals surface area contributed by atoms with E-state index < -0.39 is 10.0 Å². The van der Waals surface area contributed by atoms with Gasteiger partial charge in [0, 0.05) is 43.2 Å². The summed E-state index contributed by atoms with van der Waals surface area (Å²) in [7, 11) is -3.63. The Morgan fingerprint density at radius 2 is 1.78 bits per heavy atom. The molecule has 0 radical (unpaired) electrons. The number of carbonyl (C=O) groups excluding carboxylic acids is 1. The average Bonchev–Trinajstić information content (AvgIpc) is 3.25. The number of nitriles is 1. The van der Waals surface area contributed by atoms with Crippen molar-refractivity contribution < 1.29 is 17.9 Å². The van der Waals surface area contributed by atoms with E-state index in [4.69, 9.17) is 4.74 Å². The second-order valence-electron chi connectivity index (χ2n) is 8.76. The normalized spacial score (nSPS) is 16.8. The van der Waals surface area contributed by atoms with Crippen molar-refractivity contribution in [1.82, 2.24) is 9.21 Å². The summed E-state index contributed by atoms with van der Waals surface area (Å²) in [5, 5.41) is 13.2. The molecule has 0 aliphatic carbocycles. The summed E-state index contributed by atoms with van der Waals surface area (Å²) in [4.78, 5) is 16.5. The second kappa shape index (κ2) is 10.5. The van der Waals surface area contributed by atoms with Gasteiger partial charge in [0.05, 0.1) is 23.7 Å². The van der Waals surface area contributed by atoms with E-state index >= 15 is 0 Å². The summed E-state index contributed by atoms with van der Waals surface area (Å²) in [5.74, 6) is -0.374. The zero-order valence-electron chi connectivity index (χ0n) is 19.6. The number of rotatable bonds is 6. The number of anilines is 1. The van der Waals surface area contributed by atoms with Gasteiger partial charge in [-0.05, 0) is 41.8 Å². The minimum absolute atomic E-state index is 0.142. The molecule has 5 rings (SSSR count). The van der Waals surface area contributed by atoms with Crippen molar-refractivity contribution in [2.75, 3.05) is 38.2 Å². The molecular formula is C26H26N4O4S2. The number of thiophene rings is 1. The summed E-state index contributed by atoms with van der Waals surface area (Å²) in [6.45, 7) is 3.78. The van der Waals surface area contributed by atoms with Crippen LogP contribution in [-0.2, 0) is 34.3 Å². The molecule has 2 aromatic carbocycles. The first-order valence-corrected chi connectivity index (χ1v) is 14.0. The SMILES string of the molecule is N#Cc1c(NC(=O)c2ccc(S(=O)(=O)N3CCOCC3)cc2)sc2c1CCN(Cc1ccccc1)C2. The molecule has 3 heterocycles. The van der Waals surface area contributed by atoms with Crippen LogP contribution < -0.4 is 5.32 Å². The molecule has 8 nitrogen and oxygen atoms in total. The van der Waals surface area contributed by atoms with E-state index in [-0.39, 0.29) is 10.8 Å². The number of amides is 1. The van der Waals surface area contributed by atoms with Crippen LogP contribution in [0, 0.1) is 11.3 Å². The number of fused-ring (bicyclic) bond motifs is 1. The molecule has 0 unspecified atom stereocenters. The van der Waals surface area contributed by atoms with E-state index in [1.54, 1.807) is 0 Å². The van der Waals surface area contributed by atoms with Crippen LogP contribution in [0.1, 0.15) is 31.9 Å². The van der Waals surface area contributed by atoms with Gasteiger partial charge in [-0.1, -0.05) is 30.3 Å². The average molecular weight is 523 g/mol. The Bertz CT molecular complexity index is 1390. The molecule has 186 valence electrons. The Labute approximate surface area is 214 Å². The van der Waals surface area contributed by atoms with Crippen LogP contribution >= 0.6 is 11.3 Å². The first-order valence-electron chi connectivity index (χ1n) is 11.8. The highest BCUT2D eigenvalue weighted by Crippen LogP contribution is 2.37. The molecule has 3 aromatic rings. The molecule has 0 saturated carbocycles. The number of morpholine rings is 1. The zero-order chi connectivity index (χ0) is 25.1. The number of nitrogens with zero attached hydrogens (tertiary/aromatic N) is 3. The zero-order valence-corrected chi connectivity index (χ0v) is 21.3. The number of benzene rings is 2. The standard InChI is InChI=1S/C26H26N4O4S2/c27-16-23-22-10-11-29(17-19-4-2-1-3-5-19)18-24(22)35-26(23)28-25(31)20-6-8-21(9-7-20)36(32,33)30-12-14-34-15-13-30/h1-9H,10-15,17-18H2,(H,28,31). The van der Waals surface area contributed by atoms with Gasteiger partial charge in [0.25, 0.3) is 5.91 Å². The predicted octanol–water partition coefficient (Wildman–Crippen LogP) is 3.45. The van der Waals surface area contributed by atoms with Gasteiger partial charge in [0.1, 0.15) is 11.1 Å². The molecule has 0 atom stereocenters. The summed E-state index contributed by atoms with van der Waals surface area (Å²) >= 11 is 1.44. The van der Waals surface area contributed by atoms with Crippen molar-refractivity contribution in [2.45, 2.75) is 24.4 Å². The van der Waals surface area contributed by atoms with Crippen LogP contribution in [0.25, 0.3) is 0 Å². The number of hydrogen-bond acceptors (Lipinski definition) is 7. The highest BCUT2D eigenvalue weighted by Gasteiger charge is 2.28. The summed E-state index contributed by atoms with van der Waals surface area (Å²) in [6.07, 6.45) is 0.755. The third kappa shape index (κ3) is 5.07. The molecule has 1 fully saturated rings. The number of carbonyl (C=O) groups is 1. The van der Waals surface area contributed by atoms with Crippen LogP contribution in [0.15, 0.2) is 59.5 Å². The smallest absolute Gasteiger partial charge is 0.256 e. The largest absolute Gasteiger partial charge is 0.379 e. The monoisotopic (exact) mass is 522 g/mol. The van der Waals surface area contributed by atoms with Crippen LogP contribution in [-0.4, -0.2) is 56.4 Å². The molecule has 1 saturated heterocycles. The van der Waals surface area contributed by atoms with Gasteiger partial charge in [-0.15, -0.1) is 11.3 Å². The second-order valence-corrected chi connectivity index (χ2v) is 11.8. The Morgan fingerprint density at radius 3 is 2.47 bits per heavy atom. The molecule has 1 aromatic heterocycles. The molecule has 2 aliphatic heterocycles. The summed E-state index contributed by atoms with van der Waals surface area (Å²) in [5.41, 5.74) is 3.10. The Balaban J connectivity index is 1.29. The van der Waals surface area contributed by atoms with Crippen molar-refractivity contribution in [1.29, 1.82) is 5.26 Å². The van der Waals surface area contributed by atoms with E-state index in [0.29, 0.717) is 42.4 Å². The van der Waals surface area contributed by atoms with Gasteiger partial charge in [-0.25, -0.2) is 8.42 Å². The van der Waals surface area contributed by atoms with Gasteiger partial charge in [0.2, 0.25) is 10.0 Å². The molecule has 1 N–H and O–H groups in total. The van der Waals surface area contributed by atoms with Crippen LogP contribution in [0.3, 0.4) is 0 Å². The first-order chi connectivity index (χ1) is 17.5. The molecule has 2 aliphatic rings. The van der Waals surface area contributed by atoms with Crippen LogP contribution in [0.5, 0.6) is 0 Å². The van der Waals surface area contributed by atoms with Crippen molar-refractivity contribution in [3.63, 3.8) is 0 Å².